The molecule has 6 nitrogen and oxygen atoms in total. The highest BCUT2D eigenvalue weighted by Crippen LogP contribution is 2.20. The van der Waals surface area contributed by atoms with Crippen LogP contribution in [-0.2, 0) is 6.54 Å². The van der Waals surface area contributed by atoms with E-state index in [1.54, 1.807) is 18.2 Å². The summed E-state index contributed by atoms with van der Waals surface area (Å²) in [6.07, 6.45) is 1.43. The summed E-state index contributed by atoms with van der Waals surface area (Å²) in [5.74, 6) is 0.590. The van der Waals surface area contributed by atoms with Crippen molar-refractivity contribution in [3.05, 3.63) is 59.6 Å². The average molecular weight is 310 g/mol. The molecular formula is C16H15FN6. The molecule has 0 saturated heterocycles. The summed E-state index contributed by atoms with van der Waals surface area (Å²) in [5.41, 5.74) is 2.59. The molecular weight excluding hydrogens is 295 g/mol. The molecule has 3 rings (SSSR count). The number of aryl methyl sites for hydroxylation is 2. The van der Waals surface area contributed by atoms with Gasteiger partial charge in [-0.15, -0.1) is 5.10 Å². The van der Waals surface area contributed by atoms with Crippen LogP contribution in [0.2, 0.25) is 0 Å². The highest BCUT2D eigenvalue weighted by atomic mass is 19.1. The van der Waals surface area contributed by atoms with Gasteiger partial charge >= 0.3 is 0 Å². The van der Waals surface area contributed by atoms with Gasteiger partial charge in [0.05, 0.1) is 18.4 Å². The monoisotopic (exact) mass is 310 g/mol. The Morgan fingerprint density at radius 3 is 2.52 bits per heavy atom. The summed E-state index contributed by atoms with van der Waals surface area (Å²) in [4.78, 5) is 13.0. The molecule has 23 heavy (non-hydrogen) atoms. The van der Waals surface area contributed by atoms with Crippen molar-refractivity contribution in [1.29, 1.82) is 0 Å². The number of hydrogen-bond acceptors (Lipinski definition) is 6. The van der Waals surface area contributed by atoms with Gasteiger partial charge in [-0.1, -0.05) is 12.1 Å². The van der Waals surface area contributed by atoms with Crippen molar-refractivity contribution in [2.24, 2.45) is 0 Å². The third-order valence-corrected chi connectivity index (χ3v) is 3.14. The molecule has 0 aliphatic carbocycles. The number of aromatic nitrogens is 5. The summed E-state index contributed by atoms with van der Waals surface area (Å²) < 4.78 is 13.8. The molecule has 2 aromatic heterocycles. The molecule has 0 aliphatic heterocycles. The maximum Gasteiger partial charge on any atom is 0.243 e. The second kappa shape index (κ2) is 6.43. The lowest BCUT2D eigenvalue weighted by Gasteiger charge is -2.07. The fourth-order valence-electron chi connectivity index (χ4n) is 2.21. The van der Waals surface area contributed by atoms with Gasteiger partial charge < -0.3 is 5.32 Å². The Morgan fingerprint density at radius 2 is 1.78 bits per heavy atom. The van der Waals surface area contributed by atoms with E-state index in [1.165, 1.54) is 12.3 Å². The van der Waals surface area contributed by atoms with E-state index in [1.807, 2.05) is 19.9 Å². The largest absolute Gasteiger partial charge is 0.346 e. The zero-order valence-corrected chi connectivity index (χ0v) is 12.8. The van der Waals surface area contributed by atoms with Gasteiger partial charge in [0.1, 0.15) is 11.6 Å². The molecule has 0 saturated carbocycles. The average Bonchev–Trinajstić information content (AvgIpc) is 2.53. The van der Waals surface area contributed by atoms with Crippen LogP contribution in [-0.4, -0.2) is 25.1 Å². The lowest BCUT2D eigenvalue weighted by atomic mass is 10.1. The molecule has 0 bridgehead atoms. The molecule has 116 valence electrons. The highest BCUT2D eigenvalue weighted by molar-refractivity contribution is 5.59. The Kier molecular flexibility index (Phi) is 4.18. The van der Waals surface area contributed by atoms with Crippen molar-refractivity contribution < 1.29 is 4.39 Å². The summed E-state index contributed by atoms with van der Waals surface area (Å²) in [6, 6.07) is 8.31. The maximum atomic E-state index is 13.8. The lowest BCUT2D eigenvalue weighted by molar-refractivity contribution is 0.630. The van der Waals surface area contributed by atoms with Gasteiger partial charge in [-0.25, -0.2) is 19.3 Å². The molecule has 0 unspecified atom stereocenters. The second-order valence-corrected chi connectivity index (χ2v) is 5.07. The lowest BCUT2D eigenvalue weighted by Crippen LogP contribution is -2.09. The summed E-state index contributed by atoms with van der Waals surface area (Å²) in [7, 11) is 0. The van der Waals surface area contributed by atoms with E-state index in [-0.39, 0.29) is 5.82 Å². The van der Waals surface area contributed by atoms with Crippen LogP contribution in [0.5, 0.6) is 0 Å². The van der Waals surface area contributed by atoms with E-state index in [2.05, 4.69) is 30.5 Å². The van der Waals surface area contributed by atoms with Crippen molar-refractivity contribution in [3.8, 4) is 11.3 Å². The normalized spacial score (nSPS) is 10.6. The summed E-state index contributed by atoms with van der Waals surface area (Å²) in [6.45, 7) is 4.19. The van der Waals surface area contributed by atoms with Gasteiger partial charge in [-0.2, -0.15) is 5.10 Å². The van der Waals surface area contributed by atoms with Crippen molar-refractivity contribution >= 4 is 5.95 Å². The zero-order chi connectivity index (χ0) is 16.2. The van der Waals surface area contributed by atoms with Crippen LogP contribution in [0.15, 0.2) is 36.5 Å². The zero-order valence-electron chi connectivity index (χ0n) is 12.8. The highest BCUT2D eigenvalue weighted by Gasteiger charge is 2.08. The number of halogens is 1. The van der Waals surface area contributed by atoms with Crippen LogP contribution >= 0.6 is 0 Å². The number of anilines is 1. The smallest absolute Gasteiger partial charge is 0.243 e. The molecule has 1 N–H and O–H groups in total. The Hall–Kier alpha value is -2.96. The number of hydrogen-bond donors (Lipinski definition) is 1. The summed E-state index contributed by atoms with van der Waals surface area (Å²) in [5, 5.41) is 10.8. The van der Waals surface area contributed by atoms with Gasteiger partial charge in [0.2, 0.25) is 5.95 Å². The van der Waals surface area contributed by atoms with E-state index in [0.29, 0.717) is 29.6 Å². The number of nitrogens with zero attached hydrogens (tertiary/aromatic N) is 5. The first kappa shape index (κ1) is 15.0. The first-order valence-electron chi connectivity index (χ1n) is 7.11. The number of benzene rings is 1. The Balaban J connectivity index is 1.79. The minimum Gasteiger partial charge on any atom is -0.346 e. The molecule has 0 atom stereocenters. The van der Waals surface area contributed by atoms with Gasteiger partial charge in [-0.3, -0.25) is 0 Å². The van der Waals surface area contributed by atoms with Crippen molar-refractivity contribution in [2.75, 3.05) is 5.32 Å². The first-order valence-corrected chi connectivity index (χ1v) is 7.11. The minimum atomic E-state index is -0.350. The SMILES string of the molecule is Cc1cc(C)nc(CNc2nncc(-c3ccccc3F)n2)n1. The Labute approximate surface area is 132 Å². The minimum absolute atomic E-state index is 0.300. The standard InChI is InChI=1S/C16H15FN6/c1-10-7-11(2)21-15(20-10)9-18-16-22-14(8-19-23-16)12-5-3-4-6-13(12)17/h3-8H,9H2,1-2H3,(H,18,22,23). The molecule has 0 aliphatic rings. The first-order chi connectivity index (χ1) is 11.1. The van der Waals surface area contributed by atoms with Crippen molar-refractivity contribution in [1.82, 2.24) is 25.1 Å². The van der Waals surface area contributed by atoms with Crippen LogP contribution in [0.4, 0.5) is 10.3 Å². The molecule has 0 fully saturated rings. The van der Waals surface area contributed by atoms with Crippen molar-refractivity contribution in [2.45, 2.75) is 20.4 Å². The van der Waals surface area contributed by atoms with Crippen LogP contribution < -0.4 is 5.32 Å². The molecule has 0 amide bonds. The fourth-order valence-corrected chi connectivity index (χ4v) is 2.21. The van der Waals surface area contributed by atoms with E-state index in [0.717, 1.165) is 11.4 Å². The van der Waals surface area contributed by atoms with Crippen molar-refractivity contribution in [3.63, 3.8) is 0 Å². The quantitative estimate of drug-likeness (QED) is 0.798. The molecule has 0 spiro atoms. The number of rotatable bonds is 4. The topological polar surface area (TPSA) is 76.5 Å². The van der Waals surface area contributed by atoms with E-state index < -0.39 is 0 Å². The third-order valence-electron chi connectivity index (χ3n) is 3.14. The van der Waals surface area contributed by atoms with Gasteiger partial charge in [0, 0.05) is 17.0 Å². The molecule has 0 radical (unpaired) electrons. The van der Waals surface area contributed by atoms with Crippen LogP contribution in [0, 0.1) is 19.7 Å². The third kappa shape index (κ3) is 3.63. The predicted octanol–water partition coefficient (Wildman–Crippen LogP) is 2.70. The predicted molar refractivity (Wildman–Crippen MR) is 84.1 cm³/mol. The van der Waals surface area contributed by atoms with Gasteiger partial charge in [-0.05, 0) is 32.0 Å². The van der Waals surface area contributed by atoms with Crippen LogP contribution in [0.3, 0.4) is 0 Å². The van der Waals surface area contributed by atoms with Crippen LogP contribution in [0.25, 0.3) is 11.3 Å². The molecule has 1 aromatic carbocycles. The number of nitrogens with one attached hydrogen (secondary N) is 1. The second-order valence-electron chi connectivity index (χ2n) is 5.07. The maximum absolute atomic E-state index is 13.8. The van der Waals surface area contributed by atoms with E-state index in [9.17, 15) is 4.39 Å². The van der Waals surface area contributed by atoms with E-state index in [4.69, 9.17) is 0 Å². The Bertz CT molecular complexity index is 816. The Morgan fingerprint density at radius 1 is 1.04 bits per heavy atom. The van der Waals surface area contributed by atoms with Gasteiger partial charge in [0.15, 0.2) is 0 Å². The van der Waals surface area contributed by atoms with E-state index >= 15 is 0 Å². The summed E-state index contributed by atoms with van der Waals surface area (Å²) >= 11 is 0. The fraction of sp³-hybridized carbons (Fsp3) is 0.188. The molecule has 7 heteroatoms. The van der Waals surface area contributed by atoms with Crippen LogP contribution in [0.1, 0.15) is 17.2 Å². The molecule has 3 aromatic rings. The molecule has 2 heterocycles. The van der Waals surface area contributed by atoms with Gasteiger partial charge in [0.25, 0.3) is 0 Å².